The fourth-order valence-corrected chi connectivity index (χ4v) is 2.59. The molecule has 1 aliphatic rings. The van der Waals surface area contributed by atoms with Crippen LogP contribution in [0.25, 0.3) is 0 Å². The Hall–Kier alpha value is -1.42. The van der Waals surface area contributed by atoms with Gasteiger partial charge in [0, 0.05) is 25.1 Å². The van der Waals surface area contributed by atoms with Crippen LogP contribution < -0.4 is 5.73 Å². The number of halogens is 1. The zero-order valence-corrected chi connectivity index (χ0v) is 10.8. The molecule has 1 aromatic rings. The molecule has 1 aromatic carbocycles. The predicted molar refractivity (Wildman–Crippen MR) is 68.5 cm³/mol. The first kappa shape index (κ1) is 13.0. The first-order valence-electron chi connectivity index (χ1n) is 6.28. The van der Waals surface area contributed by atoms with Crippen molar-refractivity contribution in [3.05, 3.63) is 35.1 Å². The van der Waals surface area contributed by atoms with Gasteiger partial charge in [-0.2, -0.15) is 0 Å². The molecule has 1 fully saturated rings. The SMILES string of the molecule is Cc1ccc(F)c(C2C(N)CCCC(=O)N2C)c1. The maximum atomic E-state index is 14.0. The van der Waals surface area contributed by atoms with Crippen LogP contribution in [0, 0.1) is 12.7 Å². The van der Waals surface area contributed by atoms with Crippen LogP contribution in [-0.2, 0) is 4.79 Å². The third kappa shape index (κ3) is 2.38. The second-order valence-corrected chi connectivity index (χ2v) is 5.03. The molecule has 0 spiro atoms. The summed E-state index contributed by atoms with van der Waals surface area (Å²) >= 11 is 0. The number of benzene rings is 1. The number of rotatable bonds is 1. The molecule has 0 aliphatic carbocycles. The van der Waals surface area contributed by atoms with E-state index in [-0.39, 0.29) is 23.8 Å². The molecule has 2 atom stereocenters. The van der Waals surface area contributed by atoms with E-state index in [9.17, 15) is 9.18 Å². The predicted octanol–water partition coefficient (Wildman–Crippen LogP) is 2.14. The van der Waals surface area contributed by atoms with Gasteiger partial charge < -0.3 is 10.6 Å². The van der Waals surface area contributed by atoms with E-state index in [1.54, 1.807) is 24.1 Å². The molecule has 3 nitrogen and oxygen atoms in total. The Balaban J connectivity index is 2.44. The number of aryl methyl sites for hydroxylation is 1. The Morgan fingerprint density at radius 3 is 2.89 bits per heavy atom. The summed E-state index contributed by atoms with van der Waals surface area (Å²) in [5.74, 6) is -0.253. The molecule has 1 amide bonds. The Morgan fingerprint density at radius 1 is 1.44 bits per heavy atom. The summed E-state index contributed by atoms with van der Waals surface area (Å²) in [5.41, 5.74) is 7.63. The van der Waals surface area contributed by atoms with Crippen molar-refractivity contribution in [2.45, 2.75) is 38.3 Å². The fourth-order valence-electron chi connectivity index (χ4n) is 2.59. The normalized spacial score (nSPS) is 25.1. The zero-order valence-electron chi connectivity index (χ0n) is 10.8. The number of amides is 1. The summed E-state index contributed by atoms with van der Waals surface area (Å²) in [5, 5.41) is 0. The number of likely N-dealkylation sites (N-methyl/N-ethyl adjacent to an activating group) is 1. The molecule has 2 N–H and O–H groups in total. The van der Waals surface area contributed by atoms with Gasteiger partial charge >= 0.3 is 0 Å². The molecule has 18 heavy (non-hydrogen) atoms. The largest absolute Gasteiger partial charge is 0.337 e. The average molecular weight is 250 g/mol. The van der Waals surface area contributed by atoms with Gasteiger partial charge in [0.25, 0.3) is 0 Å². The molecule has 2 rings (SSSR count). The Morgan fingerprint density at radius 2 is 2.17 bits per heavy atom. The maximum absolute atomic E-state index is 14.0. The third-order valence-corrected chi connectivity index (χ3v) is 3.61. The molecule has 1 aliphatic heterocycles. The highest BCUT2D eigenvalue weighted by Crippen LogP contribution is 2.30. The van der Waals surface area contributed by atoms with Gasteiger partial charge in [-0.3, -0.25) is 4.79 Å². The van der Waals surface area contributed by atoms with Gasteiger partial charge in [-0.1, -0.05) is 17.7 Å². The van der Waals surface area contributed by atoms with Crippen LogP contribution in [-0.4, -0.2) is 23.9 Å². The van der Waals surface area contributed by atoms with Crippen molar-refractivity contribution in [3.8, 4) is 0 Å². The van der Waals surface area contributed by atoms with Crippen LogP contribution in [0.1, 0.15) is 36.4 Å². The summed E-state index contributed by atoms with van der Waals surface area (Å²) in [6, 6.07) is 4.39. The summed E-state index contributed by atoms with van der Waals surface area (Å²) in [6.45, 7) is 1.91. The highest BCUT2D eigenvalue weighted by molar-refractivity contribution is 5.76. The smallest absolute Gasteiger partial charge is 0.222 e. The van der Waals surface area contributed by atoms with Crippen molar-refractivity contribution >= 4 is 5.91 Å². The van der Waals surface area contributed by atoms with E-state index in [0.29, 0.717) is 12.0 Å². The topological polar surface area (TPSA) is 46.3 Å². The third-order valence-electron chi connectivity index (χ3n) is 3.61. The van der Waals surface area contributed by atoms with Crippen molar-refractivity contribution in [2.24, 2.45) is 5.73 Å². The van der Waals surface area contributed by atoms with Crippen LogP contribution >= 0.6 is 0 Å². The van der Waals surface area contributed by atoms with Gasteiger partial charge in [-0.25, -0.2) is 4.39 Å². The van der Waals surface area contributed by atoms with Gasteiger partial charge in [0.05, 0.1) is 6.04 Å². The number of hydrogen-bond donors (Lipinski definition) is 1. The van der Waals surface area contributed by atoms with Gasteiger partial charge in [0.15, 0.2) is 0 Å². The summed E-state index contributed by atoms with van der Waals surface area (Å²) in [7, 11) is 1.71. The molecule has 0 radical (unpaired) electrons. The van der Waals surface area contributed by atoms with E-state index < -0.39 is 0 Å². The minimum Gasteiger partial charge on any atom is -0.337 e. The summed E-state index contributed by atoms with van der Waals surface area (Å²) in [4.78, 5) is 13.5. The summed E-state index contributed by atoms with van der Waals surface area (Å²) in [6.07, 6.45) is 2.01. The number of carbonyl (C=O) groups excluding carboxylic acids is 1. The second kappa shape index (κ2) is 5.06. The summed E-state index contributed by atoms with van der Waals surface area (Å²) < 4.78 is 14.0. The molecule has 0 aromatic heterocycles. The first-order chi connectivity index (χ1) is 8.50. The lowest BCUT2D eigenvalue weighted by atomic mass is 9.95. The van der Waals surface area contributed by atoms with E-state index in [2.05, 4.69) is 0 Å². The Bertz CT molecular complexity index is 461. The van der Waals surface area contributed by atoms with Crippen molar-refractivity contribution in [1.29, 1.82) is 0 Å². The van der Waals surface area contributed by atoms with Gasteiger partial charge in [0.1, 0.15) is 5.82 Å². The minimum atomic E-state index is -0.361. The van der Waals surface area contributed by atoms with E-state index in [1.807, 2.05) is 6.92 Å². The van der Waals surface area contributed by atoms with Crippen LogP contribution in [0.15, 0.2) is 18.2 Å². The van der Waals surface area contributed by atoms with E-state index in [1.165, 1.54) is 6.07 Å². The van der Waals surface area contributed by atoms with Crippen LogP contribution in [0.5, 0.6) is 0 Å². The number of likely N-dealkylation sites (tertiary alicyclic amines) is 1. The molecule has 0 saturated carbocycles. The van der Waals surface area contributed by atoms with Gasteiger partial charge in [-0.15, -0.1) is 0 Å². The van der Waals surface area contributed by atoms with Gasteiger partial charge in [0.2, 0.25) is 5.91 Å². The van der Waals surface area contributed by atoms with E-state index >= 15 is 0 Å². The fraction of sp³-hybridized carbons (Fsp3) is 0.500. The monoisotopic (exact) mass is 250 g/mol. The van der Waals surface area contributed by atoms with Crippen molar-refractivity contribution in [2.75, 3.05) is 7.05 Å². The highest BCUT2D eigenvalue weighted by Gasteiger charge is 2.32. The maximum Gasteiger partial charge on any atom is 0.222 e. The van der Waals surface area contributed by atoms with E-state index in [0.717, 1.165) is 18.4 Å². The molecule has 1 saturated heterocycles. The molecule has 1 heterocycles. The van der Waals surface area contributed by atoms with Crippen LogP contribution in [0.2, 0.25) is 0 Å². The number of hydrogen-bond acceptors (Lipinski definition) is 2. The minimum absolute atomic E-state index is 0.0360. The second-order valence-electron chi connectivity index (χ2n) is 5.03. The zero-order chi connectivity index (χ0) is 13.3. The molecule has 4 heteroatoms. The van der Waals surface area contributed by atoms with E-state index in [4.69, 9.17) is 5.73 Å². The molecule has 98 valence electrons. The molecule has 2 unspecified atom stereocenters. The number of nitrogens with two attached hydrogens (primary N) is 1. The Labute approximate surface area is 107 Å². The van der Waals surface area contributed by atoms with Gasteiger partial charge in [-0.05, 0) is 25.8 Å². The Kier molecular flexibility index (Phi) is 3.66. The first-order valence-corrected chi connectivity index (χ1v) is 6.28. The number of carbonyl (C=O) groups is 1. The van der Waals surface area contributed by atoms with Crippen molar-refractivity contribution in [3.63, 3.8) is 0 Å². The quantitative estimate of drug-likeness (QED) is 0.830. The van der Waals surface area contributed by atoms with Crippen LogP contribution in [0.3, 0.4) is 0 Å². The molecule has 0 bridgehead atoms. The van der Waals surface area contributed by atoms with Crippen LogP contribution in [0.4, 0.5) is 4.39 Å². The lowest BCUT2D eigenvalue weighted by molar-refractivity contribution is -0.131. The lowest BCUT2D eigenvalue weighted by Crippen LogP contribution is -2.40. The standard InChI is InChI=1S/C14H19FN2O/c1-9-6-7-11(15)10(8-9)14-12(16)4-3-5-13(18)17(14)2/h6-8,12,14H,3-5,16H2,1-2H3. The lowest BCUT2D eigenvalue weighted by Gasteiger charge is -2.31. The van der Waals surface area contributed by atoms with Crippen molar-refractivity contribution in [1.82, 2.24) is 4.90 Å². The molecular formula is C14H19FN2O. The molecular weight excluding hydrogens is 231 g/mol. The number of nitrogens with zero attached hydrogens (tertiary/aromatic N) is 1. The highest BCUT2D eigenvalue weighted by atomic mass is 19.1. The van der Waals surface area contributed by atoms with Crippen molar-refractivity contribution < 1.29 is 9.18 Å². The average Bonchev–Trinajstić information content (AvgIpc) is 2.44.